The maximum atomic E-state index is 2.88. The van der Waals surface area contributed by atoms with Crippen LogP contribution >= 0.6 is 0 Å². The van der Waals surface area contributed by atoms with Crippen molar-refractivity contribution in [3.05, 3.63) is 130 Å². The second-order valence-corrected chi connectivity index (χ2v) is 93.7. The van der Waals surface area contributed by atoms with Crippen LogP contribution in [0.5, 0.6) is 0 Å². The van der Waals surface area contributed by atoms with Crippen molar-refractivity contribution in [1.29, 1.82) is 0 Å². The van der Waals surface area contributed by atoms with Gasteiger partial charge in [-0.25, -0.2) is 0 Å². The van der Waals surface area contributed by atoms with Crippen molar-refractivity contribution in [1.82, 2.24) is 0 Å². The summed E-state index contributed by atoms with van der Waals surface area (Å²) in [6.45, 7) is 22.5. The molecular formula is C42H52HfSi. The van der Waals surface area contributed by atoms with E-state index in [1.165, 1.54) is 55.6 Å². The average Bonchev–Trinajstić information content (AvgIpc) is 3.58. The van der Waals surface area contributed by atoms with Crippen molar-refractivity contribution in [3.8, 4) is 22.3 Å². The summed E-state index contributed by atoms with van der Waals surface area (Å²) in [5.41, 5.74) is 13.8. The Morgan fingerprint density at radius 3 is 1.25 bits per heavy atom. The van der Waals surface area contributed by atoms with Crippen LogP contribution < -0.4 is 0 Å². The summed E-state index contributed by atoms with van der Waals surface area (Å²) in [5.74, 6) is 0. The van der Waals surface area contributed by atoms with E-state index < -0.39 is 14.2 Å². The number of benzene rings is 4. The summed E-state index contributed by atoms with van der Waals surface area (Å²) in [6, 6.07) is 32.3. The second-order valence-electron chi connectivity index (χ2n) is 18.5. The summed E-state index contributed by atoms with van der Waals surface area (Å²) in [5, 5.41) is 0. The molecule has 0 heterocycles. The molecule has 0 fully saturated rings. The molecule has 2 aliphatic rings. The molecule has 0 saturated heterocycles. The summed E-state index contributed by atoms with van der Waals surface area (Å²) in [7, 11) is 0. The van der Waals surface area contributed by atoms with Gasteiger partial charge in [-0.15, -0.1) is 0 Å². The molecule has 0 N–H and O–H groups in total. The molecule has 0 amide bonds. The van der Waals surface area contributed by atoms with Gasteiger partial charge in [-0.1, -0.05) is 0 Å². The van der Waals surface area contributed by atoms with Crippen LogP contribution in [0.15, 0.2) is 97.1 Å². The van der Waals surface area contributed by atoms with Gasteiger partial charge < -0.3 is 0 Å². The van der Waals surface area contributed by atoms with Crippen molar-refractivity contribution in [3.63, 3.8) is 0 Å². The number of rotatable bonds is 4. The summed E-state index contributed by atoms with van der Waals surface area (Å²) >= 11 is -5.52. The first-order chi connectivity index (χ1) is 20.3. The van der Waals surface area contributed by atoms with Gasteiger partial charge in [0.15, 0.2) is 0 Å². The van der Waals surface area contributed by atoms with E-state index in [4.69, 9.17) is 0 Å². The van der Waals surface area contributed by atoms with E-state index in [9.17, 15) is 0 Å². The molecule has 6 rings (SSSR count). The third kappa shape index (κ3) is 3.37. The summed E-state index contributed by atoms with van der Waals surface area (Å²) < 4.78 is 6.50. The van der Waals surface area contributed by atoms with E-state index in [1.807, 2.05) is 0 Å². The molecule has 0 nitrogen and oxygen atoms in total. The Morgan fingerprint density at radius 1 is 0.545 bits per heavy atom. The second kappa shape index (κ2) is 8.83. The number of allylic oxidation sites excluding steroid dienone is 2. The first-order valence-corrected chi connectivity index (χ1v) is 39.8. The predicted octanol–water partition coefficient (Wildman–Crippen LogP) is 12.3. The third-order valence-electron chi connectivity index (χ3n) is 15.7. The van der Waals surface area contributed by atoms with Crippen LogP contribution in [0.2, 0.25) is 15.7 Å². The molecule has 2 unspecified atom stereocenters. The molecule has 0 aliphatic heterocycles. The zero-order valence-corrected chi connectivity index (χ0v) is 33.8. The van der Waals surface area contributed by atoms with Gasteiger partial charge in [0.25, 0.3) is 0 Å². The van der Waals surface area contributed by atoms with Crippen molar-refractivity contribution in [2.45, 2.75) is 78.4 Å². The molecule has 44 heavy (non-hydrogen) atoms. The van der Waals surface area contributed by atoms with Gasteiger partial charge >= 0.3 is 264 Å². The van der Waals surface area contributed by atoms with Crippen molar-refractivity contribution < 1.29 is 14.2 Å². The molecule has 4 aromatic carbocycles. The number of hydrogen-bond acceptors (Lipinski definition) is 0. The Morgan fingerprint density at radius 2 is 0.909 bits per heavy atom. The molecule has 0 aromatic heterocycles. The molecule has 0 bridgehead atoms. The first kappa shape index (κ1) is 31.4. The van der Waals surface area contributed by atoms with E-state index in [0.29, 0.717) is 7.35 Å². The molecule has 4 aromatic rings. The fourth-order valence-corrected chi connectivity index (χ4v) is 56.9. The molecule has 2 heteroatoms. The van der Waals surface area contributed by atoms with Gasteiger partial charge in [-0.05, 0) is 0 Å². The van der Waals surface area contributed by atoms with Gasteiger partial charge in [0.1, 0.15) is 0 Å². The summed E-state index contributed by atoms with van der Waals surface area (Å²) in [4.78, 5) is 0. The average molecular weight is 763 g/mol. The van der Waals surface area contributed by atoms with Crippen LogP contribution in [0.4, 0.5) is 0 Å². The minimum atomic E-state index is -5.52. The molecule has 2 atom stereocenters. The van der Waals surface area contributed by atoms with Crippen LogP contribution in [-0.4, -0.2) is 6.94 Å². The van der Waals surface area contributed by atoms with E-state index in [1.54, 1.807) is 0 Å². The van der Waals surface area contributed by atoms with Gasteiger partial charge in [0.2, 0.25) is 0 Å². The quantitative estimate of drug-likeness (QED) is 0.182. The molecule has 0 saturated carbocycles. The van der Waals surface area contributed by atoms with Crippen molar-refractivity contribution >= 4 is 19.1 Å². The number of aryl methyl sites for hydroxylation is 2. The zero-order chi connectivity index (χ0) is 32.0. The first-order valence-electron chi connectivity index (χ1n) is 16.5. The third-order valence-corrected chi connectivity index (χ3v) is 110. The molecular weight excluding hydrogens is 711 g/mol. The van der Waals surface area contributed by atoms with Crippen molar-refractivity contribution in [2.24, 2.45) is 0 Å². The Labute approximate surface area is 262 Å². The molecule has 0 spiro atoms. The minimum absolute atomic E-state index is 0.0343. The van der Waals surface area contributed by atoms with Crippen LogP contribution in [0.25, 0.3) is 34.4 Å². The van der Waals surface area contributed by atoms with Crippen molar-refractivity contribution in [2.75, 3.05) is 0 Å². The Hall–Kier alpha value is -2.55. The fraction of sp³-hybridized carbons (Fsp3) is 0.333. The van der Waals surface area contributed by atoms with E-state index in [0.717, 1.165) is 0 Å². The van der Waals surface area contributed by atoms with Gasteiger partial charge in [0, 0.05) is 0 Å². The Balaban J connectivity index is 1.71. The molecule has 228 valence electrons. The Bertz CT molecular complexity index is 1900. The normalized spacial score (nSPS) is 20.4. The van der Waals surface area contributed by atoms with Crippen LogP contribution in [0, 0.1) is 13.8 Å². The zero-order valence-electron chi connectivity index (χ0n) is 28.8. The Kier molecular flexibility index (Phi) is 6.30. The number of hydrogen-bond donors (Lipinski definition) is 0. The number of fused-ring (bicyclic) bond motifs is 2. The standard InChI is InChI=1S/2C16H13.2C4H9.2CH3.Hf.H2Si/c2*1-12-5-2-8-14(11-12)16-10-4-7-13-6-3-9-15(13)16;2*1-4(2)3;;;;/h2*2-11H,1H3;2*1-3H3;2*1H3;;1H2. The van der Waals surface area contributed by atoms with E-state index in [-0.39, 0.29) is 6.34 Å². The monoisotopic (exact) mass is 764 g/mol. The molecule has 0 radical (unpaired) electrons. The van der Waals surface area contributed by atoms with E-state index in [2.05, 4.69) is 181 Å². The maximum absolute atomic E-state index is 5.52. The topological polar surface area (TPSA) is 0 Å². The SMILES string of the molecule is Cc1cccc(-c2cccc3c2C=C[CH]3[Hf]([CH3])([CH3])(=[SiH2])([CH]2C=Cc3c(-c4cccc(C)c4)cccc32)([C](C)(C)C)[C](C)(C)C)c1. The van der Waals surface area contributed by atoms with Crippen LogP contribution in [0.1, 0.15) is 82.3 Å². The molecule has 2 aliphatic carbocycles. The van der Waals surface area contributed by atoms with Crippen LogP contribution in [0.3, 0.4) is 0 Å². The predicted molar refractivity (Wildman–Crippen MR) is 196 cm³/mol. The van der Waals surface area contributed by atoms with Gasteiger partial charge in [0.05, 0.1) is 0 Å². The van der Waals surface area contributed by atoms with Gasteiger partial charge in [-0.3, -0.25) is 0 Å². The fourth-order valence-electron chi connectivity index (χ4n) is 10.1. The van der Waals surface area contributed by atoms with Gasteiger partial charge in [-0.2, -0.15) is 0 Å². The van der Waals surface area contributed by atoms with E-state index >= 15 is 0 Å². The summed E-state index contributed by atoms with van der Waals surface area (Å²) in [6.07, 6.45) is 10.3. The van der Waals surface area contributed by atoms with Crippen LogP contribution in [-0.2, 0) is 14.2 Å².